The summed E-state index contributed by atoms with van der Waals surface area (Å²) in [6, 6.07) is 0. The van der Waals surface area contributed by atoms with Crippen molar-refractivity contribution in [3.05, 3.63) is 0 Å². The number of nitrogens with one attached hydrogen (secondary N) is 1. The second kappa shape index (κ2) is 10.7. The van der Waals surface area contributed by atoms with Crippen LogP contribution in [0.5, 0.6) is 0 Å². The van der Waals surface area contributed by atoms with Crippen molar-refractivity contribution < 1.29 is 0 Å². The Balaban J connectivity index is 3.24. The van der Waals surface area contributed by atoms with Crippen LogP contribution in [0, 0.1) is 17.3 Å². The molecule has 2 unspecified atom stereocenters. The van der Waals surface area contributed by atoms with E-state index in [-0.39, 0.29) is 0 Å². The van der Waals surface area contributed by atoms with Crippen molar-refractivity contribution in [3.8, 4) is 0 Å². The summed E-state index contributed by atoms with van der Waals surface area (Å²) in [5.41, 5.74) is 0.423. The summed E-state index contributed by atoms with van der Waals surface area (Å²) < 4.78 is 0. The minimum Gasteiger partial charge on any atom is -0.316 e. The van der Waals surface area contributed by atoms with E-state index in [1.165, 1.54) is 51.5 Å². The maximum atomic E-state index is 3.56. The van der Waals surface area contributed by atoms with Crippen molar-refractivity contribution >= 4 is 0 Å². The van der Waals surface area contributed by atoms with Crippen molar-refractivity contribution in [1.82, 2.24) is 5.32 Å². The van der Waals surface area contributed by atoms with Gasteiger partial charge in [-0.25, -0.2) is 0 Å². The Morgan fingerprint density at radius 2 is 1.42 bits per heavy atom. The first kappa shape index (κ1) is 19.0. The molecule has 1 N–H and O–H groups in total. The molecule has 0 rings (SSSR count). The van der Waals surface area contributed by atoms with Crippen LogP contribution in [0.15, 0.2) is 0 Å². The maximum absolute atomic E-state index is 3.56. The van der Waals surface area contributed by atoms with Crippen LogP contribution in [0.3, 0.4) is 0 Å². The third-order valence-corrected chi connectivity index (χ3v) is 4.28. The second-order valence-corrected chi connectivity index (χ2v) is 7.66. The lowest BCUT2D eigenvalue weighted by molar-refractivity contribution is 0.341. The predicted molar refractivity (Wildman–Crippen MR) is 88.6 cm³/mol. The molecule has 0 fully saturated rings. The van der Waals surface area contributed by atoms with Gasteiger partial charge in [0.1, 0.15) is 0 Å². The first-order chi connectivity index (χ1) is 8.87. The maximum Gasteiger partial charge on any atom is -0.0000126 e. The molecule has 0 aliphatic carbocycles. The Hall–Kier alpha value is -0.0400. The van der Waals surface area contributed by atoms with Crippen molar-refractivity contribution in [3.63, 3.8) is 0 Å². The van der Waals surface area contributed by atoms with E-state index in [1.807, 2.05) is 0 Å². The molecule has 0 aliphatic rings. The van der Waals surface area contributed by atoms with Gasteiger partial charge in [0.05, 0.1) is 0 Å². The molecule has 0 aromatic rings. The molecule has 0 amide bonds. The van der Waals surface area contributed by atoms with Gasteiger partial charge in [0.15, 0.2) is 0 Å². The Kier molecular flexibility index (Phi) is 10.7. The average molecular weight is 270 g/mol. The summed E-state index contributed by atoms with van der Waals surface area (Å²) in [4.78, 5) is 0. The number of hydrogen-bond donors (Lipinski definition) is 1. The highest BCUT2D eigenvalue weighted by molar-refractivity contribution is 4.64. The van der Waals surface area contributed by atoms with Gasteiger partial charge in [0.25, 0.3) is 0 Å². The molecular formula is C18H39N. The van der Waals surface area contributed by atoms with Crippen molar-refractivity contribution in [2.45, 2.75) is 86.5 Å². The minimum atomic E-state index is 0.423. The van der Waals surface area contributed by atoms with E-state index in [1.54, 1.807) is 0 Å². The van der Waals surface area contributed by atoms with Gasteiger partial charge < -0.3 is 5.32 Å². The van der Waals surface area contributed by atoms with Crippen LogP contribution in [0.1, 0.15) is 86.5 Å². The Bertz CT molecular complexity index is 192. The smallest absolute Gasteiger partial charge is 0.0000126 e. The van der Waals surface area contributed by atoms with Crippen molar-refractivity contribution in [2.24, 2.45) is 17.3 Å². The fourth-order valence-corrected chi connectivity index (χ4v) is 2.40. The standard InChI is InChI=1S/C18H39N/c1-7-16(2)17(3)13-11-9-8-10-12-14-19-15-18(4,5)6/h16-17,19H,7-15H2,1-6H3. The van der Waals surface area contributed by atoms with Gasteiger partial charge in [-0.15, -0.1) is 0 Å². The summed E-state index contributed by atoms with van der Waals surface area (Å²) in [6.07, 6.45) is 9.79. The lowest BCUT2D eigenvalue weighted by Gasteiger charge is -2.19. The van der Waals surface area contributed by atoms with Crippen LogP contribution in [-0.4, -0.2) is 13.1 Å². The van der Waals surface area contributed by atoms with Crippen LogP contribution in [0.4, 0.5) is 0 Å². The molecule has 0 aromatic carbocycles. The second-order valence-electron chi connectivity index (χ2n) is 7.66. The molecule has 2 atom stereocenters. The fraction of sp³-hybridized carbons (Fsp3) is 1.00. The van der Waals surface area contributed by atoms with E-state index < -0.39 is 0 Å². The molecule has 1 nitrogen and oxygen atoms in total. The molecule has 0 radical (unpaired) electrons. The van der Waals surface area contributed by atoms with Crippen molar-refractivity contribution in [1.29, 1.82) is 0 Å². The van der Waals surface area contributed by atoms with E-state index in [0.717, 1.165) is 18.4 Å². The van der Waals surface area contributed by atoms with Crippen LogP contribution in [0.2, 0.25) is 0 Å². The summed E-state index contributed by atoms with van der Waals surface area (Å²) in [7, 11) is 0. The van der Waals surface area contributed by atoms with Gasteiger partial charge in [0.2, 0.25) is 0 Å². The molecule has 0 spiro atoms. The van der Waals surface area contributed by atoms with Gasteiger partial charge in [-0.05, 0) is 36.8 Å². The van der Waals surface area contributed by atoms with E-state index in [2.05, 4.69) is 46.9 Å². The largest absolute Gasteiger partial charge is 0.316 e. The molecule has 0 saturated carbocycles. The number of rotatable bonds is 11. The normalized spacial score (nSPS) is 15.5. The van der Waals surface area contributed by atoms with Crippen LogP contribution in [0.25, 0.3) is 0 Å². The van der Waals surface area contributed by atoms with Gasteiger partial charge in [-0.3, -0.25) is 0 Å². The molecule has 0 aliphatic heterocycles. The van der Waals surface area contributed by atoms with Gasteiger partial charge in [-0.2, -0.15) is 0 Å². The van der Waals surface area contributed by atoms with E-state index in [9.17, 15) is 0 Å². The topological polar surface area (TPSA) is 12.0 Å². The molecule has 1 heteroatoms. The summed E-state index contributed by atoms with van der Waals surface area (Å²) >= 11 is 0. The Labute approximate surface area is 122 Å². The molecule has 0 bridgehead atoms. The lowest BCUT2D eigenvalue weighted by Crippen LogP contribution is -2.27. The SMILES string of the molecule is CCC(C)C(C)CCCCCCCNCC(C)(C)C. The van der Waals surface area contributed by atoms with Crippen molar-refractivity contribution in [2.75, 3.05) is 13.1 Å². The monoisotopic (exact) mass is 269 g/mol. The van der Waals surface area contributed by atoms with Gasteiger partial charge in [0, 0.05) is 0 Å². The zero-order valence-electron chi connectivity index (χ0n) is 14.5. The summed E-state index contributed by atoms with van der Waals surface area (Å²) in [5, 5.41) is 3.56. The predicted octanol–water partition coefficient (Wildman–Crippen LogP) is 5.64. The quantitative estimate of drug-likeness (QED) is 0.478. The van der Waals surface area contributed by atoms with Gasteiger partial charge >= 0.3 is 0 Å². The Morgan fingerprint density at radius 1 is 0.842 bits per heavy atom. The number of hydrogen-bond acceptors (Lipinski definition) is 1. The molecule has 19 heavy (non-hydrogen) atoms. The van der Waals surface area contributed by atoms with E-state index in [0.29, 0.717) is 5.41 Å². The van der Waals surface area contributed by atoms with Crippen LogP contribution >= 0.6 is 0 Å². The van der Waals surface area contributed by atoms with Crippen LogP contribution < -0.4 is 5.32 Å². The Morgan fingerprint density at radius 3 is 2.00 bits per heavy atom. The zero-order valence-corrected chi connectivity index (χ0v) is 14.5. The van der Waals surface area contributed by atoms with E-state index >= 15 is 0 Å². The minimum absolute atomic E-state index is 0.423. The zero-order chi connectivity index (χ0) is 14.7. The molecule has 0 saturated heterocycles. The average Bonchev–Trinajstić information content (AvgIpc) is 2.34. The van der Waals surface area contributed by atoms with E-state index in [4.69, 9.17) is 0 Å². The first-order valence-corrected chi connectivity index (χ1v) is 8.57. The highest BCUT2D eigenvalue weighted by atomic mass is 14.9. The van der Waals surface area contributed by atoms with Gasteiger partial charge in [-0.1, -0.05) is 80.1 Å². The molecule has 116 valence electrons. The third kappa shape index (κ3) is 12.7. The molecule has 0 heterocycles. The highest BCUT2D eigenvalue weighted by Crippen LogP contribution is 2.21. The highest BCUT2D eigenvalue weighted by Gasteiger charge is 2.09. The molecular weight excluding hydrogens is 230 g/mol. The summed E-state index contributed by atoms with van der Waals surface area (Å²) in [6.45, 7) is 16.3. The lowest BCUT2D eigenvalue weighted by atomic mass is 9.89. The molecule has 0 aromatic heterocycles. The summed E-state index contributed by atoms with van der Waals surface area (Å²) in [5.74, 6) is 1.82. The number of unbranched alkanes of at least 4 members (excludes halogenated alkanes) is 4. The van der Waals surface area contributed by atoms with Crippen LogP contribution in [-0.2, 0) is 0 Å². The fourth-order valence-electron chi connectivity index (χ4n) is 2.40. The third-order valence-electron chi connectivity index (χ3n) is 4.28. The first-order valence-electron chi connectivity index (χ1n) is 8.57.